The van der Waals surface area contributed by atoms with Gasteiger partial charge in [-0.05, 0) is 33.4 Å². The average Bonchev–Trinajstić information content (AvgIpc) is 2.42. The molecule has 0 spiro atoms. The van der Waals surface area contributed by atoms with Crippen LogP contribution in [-0.2, 0) is 0 Å². The predicted molar refractivity (Wildman–Crippen MR) is 51.7 cm³/mol. The van der Waals surface area contributed by atoms with E-state index in [0.717, 1.165) is 6.04 Å². The quantitative estimate of drug-likeness (QED) is 0.523. The number of allylic oxidation sites excluding steroid dienone is 1. The van der Waals surface area contributed by atoms with Gasteiger partial charge in [-0.2, -0.15) is 0 Å². The molecule has 0 aromatic carbocycles. The van der Waals surface area contributed by atoms with E-state index in [1.807, 2.05) is 0 Å². The van der Waals surface area contributed by atoms with Crippen molar-refractivity contribution in [2.75, 3.05) is 13.6 Å². The van der Waals surface area contributed by atoms with Gasteiger partial charge in [0, 0.05) is 6.04 Å². The molecule has 1 aliphatic rings. The summed E-state index contributed by atoms with van der Waals surface area (Å²) in [5.74, 6) is 0. The highest BCUT2D eigenvalue weighted by Gasteiger charge is 2.16. The van der Waals surface area contributed by atoms with Crippen LogP contribution in [0, 0.1) is 0 Å². The first-order valence-electron chi connectivity index (χ1n) is 4.17. The SMILES string of the molecule is C/C=C/C1CCCN1C.C=C. The molecule has 1 heterocycles. The second kappa shape index (κ2) is 6.17. The molecule has 0 N–H and O–H groups in total. The molecule has 64 valence electrons. The van der Waals surface area contributed by atoms with Crippen molar-refractivity contribution in [2.45, 2.75) is 25.8 Å². The minimum atomic E-state index is 0.731. The number of likely N-dealkylation sites (N-methyl/N-ethyl adjacent to an activating group) is 1. The van der Waals surface area contributed by atoms with Gasteiger partial charge in [-0.25, -0.2) is 0 Å². The van der Waals surface area contributed by atoms with Crippen molar-refractivity contribution in [3.8, 4) is 0 Å². The summed E-state index contributed by atoms with van der Waals surface area (Å²) in [5, 5.41) is 0. The van der Waals surface area contributed by atoms with Gasteiger partial charge in [-0.3, -0.25) is 4.90 Å². The number of rotatable bonds is 1. The molecule has 1 unspecified atom stereocenters. The van der Waals surface area contributed by atoms with E-state index >= 15 is 0 Å². The molecule has 1 aliphatic heterocycles. The van der Waals surface area contributed by atoms with Gasteiger partial charge in [0.05, 0.1) is 0 Å². The molecule has 11 heavy (non-hydrogen) atoms. The molecule has 0 saturated carbocycles. The van der Waals surface area contributed by atoms with E-state index < -0.39 is 0 Å². The second-order valence-electron chi connectivity index (χ2n) is 2.72. The van der Waals surface area contributed by atoms with Gasteiger partial charge in [0.15, 0.2) is 0 Å². The summed E-state index contributed by atoms with van der Waals surface area (Å²) in [6.45, 7) is 9.36. The Labute approximate surface area is 70.4 Å². The highest BCUT2D eigenvalue weighted by molar-refractivity contribution is 4.94. The van der Waals surface area contributed by atoms with Gasteiger partial charge in [0.1, 0.15) is 0 Å². The van der Waals surface area contributed by atoms with Crippen molar-refractivity contribution in [3.63, 3.8) is 0 Å². The molecule has 0 aromatic rings. The maximum atomic E-state index is 3.00. The minimum absolute atomic E-state index is 0.731. The lowest BCUT2D eigenvalue weighted by Crippen LogP contribution is -2.22. The third-order valence-electron chi connectivity index (χ3n) is 1.99. The Kier molecular flexibility index (Phi) is 5.86. The van der Waals surface area contributed by atoms with Crippen molar-refractivity contribution in [3.05, 3.63) is 25.3 Å². The fourth-order valence-electron chi connectivity index (χ4n) is 1.40. The minimum Gasteiger partial charge on any atom is -0.300 e. The monoisotopic (exact) mass is 153 g/mol. The number of likely N-dealkylation sites (tertiary alicyclic amines) is 1. The van der Waals surface area contributed by atoms with Crippen LogP contribution in [0.3, 0.4) is 0 Å². The predicted octanol–water partition coefficient (Wildman–Crippen LogP) is 2.46. The van der Waals surface area contributed by atoms with E-state index in [1.54, 1.807) is 0 Å². The lowest BCUT2D eigenvalue weighted by Gasteiger charge is -2.14. The molecule has 1 fully saturated rings. The van der Waals surface area contributed by atoms with Gasteiger partial charge in [-0.1, -0.05) is 12.2 Å². The Morgan fingerprint density at radius 3 is 2.45 bits per heavy atom. The van der Waals surface area contributed by atoms with Crippen LogP contribution in [0.1, 0.15) is 19.8 Å². The summed E-state index contributed by atoms with van der Waals surface area (Å²) in [7, 11) is 2.19. The molecule has 0 aliphatic carbocycles. The van der Waals surface area contributed by atoms with E-state index in [0.29, 0.717) is 0 Å². The maximum absolute atomic E-state index is 3.00. The molecule has 1 rings (SSSR count). The van der Waals surface area contributed by atoms with Crippen molar-refractivity contribution in [1.82, 2.24) is 4.90 Å². The normalized spacial score (nSPS) is 25.1. The maximum Gasteiger partial charge on any atom is 0.0275 e. The first-order chi connectivity index (χ1) is 5.34. The van der Waals surface area contributed by atoms with Crippen LogP contribution in [-0.4, -0.2) is 24.5 Å². The van der Waals surface area contributed by atoms with Gasteiger partial charge < -0.3 is 0 Å². The fourth-order valence-corrected chi connectivity index (χ4v) is 1.40. The third kappa shape index (κ3) is 3.38. The number of hydrogen-bond acceptors (Lipinski definition) is 1. The summed E-state index contributed by atoms with van der Waals surface area (Å²) < 4.78 is 0. The molecule has 1 nitrogen and oxygen atoms in total. The van der Waals surface area contributed by atoms with Crippen LogP contribution in [0.5, 0.6) is 0 Å². The second-order valence-corrected chi connectivity index (χ2v) is 2.72. The van der Waals surface area contributed by atoms with Crippen LogP contribution >= 0.6 is 0 Å². The fraction of sp³-hybridized carbons (Fsp3) is 0.600. The molecule has 0 aromatic heterocycles. The van der Waals surface area contributed by atoms with Crippen LogP contribution in [0.15, 0.2) is 25.3 Å². The number of nitrogens with zero attached hydrogens (tertiary/aromatic N) is 1. The van der Waals surface area contributed by atoms with E-state index in [2.05, 4.69) is 44.2 Å². The van der Waals surface area contributed by atoms with Crippen LogP contribution < -0.4 is 0 Å². The van der Waals surface area contributed by atoms with Crippen LogP contribution in [0.4, 0.5) is 0 Å². The van der Waals surface area contributed by atoms with Gasteiger partial charge in [0.25, 0.3) is 0 Å². The largest absolute Gasteiger partial charge is 0.300 e. The Bertz CT molecular complexity index is 118. The summed E-state index contributed by atoms with van der Waals surface area (Å²) >= 11 is 0. The van der Waals surface area contributed by atoms with E-state index in [1.165, 1.54) is 19.4 Å². The third-order valence-corrected chi connectivity index (χ3v) is 1.99. The topological polar surface area (TPSA) is 3.24 Å². The zero-order valence-corrected chi connectivity index (χ0v) is 7.71. The lowest BCUT2D eigenvalue weighted by atomic mass is 10.2. The summed E-state index contributed by atoms with van der Waals surface area (Å²) in [6.07, 6.45) is 7.14. The highest BCUT2D eigenvalue weighted by Crippen LogP contribution is 2.14. The van der Waals surface area contributed by atoms with Crippen molar-refractivity contribution in [2.24, 2.45) is 0 Å². The molecule has 0 amide bonds. The van der Waals surface area contributed by atoms with Gasteiger partial charge in [-0.15, -0.1) is 13.2 Å². The van der Waals surface area contributed by atoms with Crippen molar-refractivity contribution < 1.29 is 0 Å². The first-order valence-corrected chi connectivity index (χ1v) is 4.17. The van der Waals surface area contributed by atoms with E-state index in [4.69, 9.17) is 0 Å². The zero-order chi connectivity index (χ0) is 8.69. The molecule has 1 saturated heterocycles. The number of hydrogen-bond donors (Lipinski definition) is 0. The van der Waals surface area contributed by atoms with Crippen molar-refractivity contribution in [1.29, 1.82) is 0 Å². The molecule has 0 bridgehead atoms. The highest BCUT2D eigenvalue weighted by atomic mass is 15.1. The lowest BCUT2D eigenvalue weighted by molar-refractivity contribution is 0.357. The summed E-state index contributed by atoms with van der Waals surface area (Å²) in [4.78, 5) is 2.40. The molecule has 1 heteroatoms. The van der Waals surface area contributed by atoms with Crippen LogP contribution in [0.25, 0.3) is 0 Å². The van der Waals surface area contributed by atoms with E-state index in [-0.39, 0.29) is 0 Å². The van der Waals surface area contributed by atoms with Crippen molar-refractivity contribution >= 4 is 0 Å². The standard InChI is InChI=1S/C8H15N.C2H4/c1-3-5-8-6-4-7-9(8)2;1-2/h3,5,8H,4,6-7H2,1-2H3;1-2H2/b5-3+;. The Morgan fingerprint density at radius 2 is 2.09 bits per heavy atom. The van der Waals surface area contributed by atoms with Crippen LogP contribution in [0.2, 0.25) is 0 Å². The Balaban J connectivity index is 0.000000461. The molecule has 1 atom stereocenters. The average molecular weight is 153 g/mol. The smallest absolute Gasteiger partial charge is 0.0275 e. The summed E-state index contributed by atoms with van der Waals surface area (Å²) in [5.41, 5.74) is 0. The van der Waals surface area contributed by atoms with E-state index in [9.17, 15) is 0 Å². The zero-order valence-electron chi connectivity index (χ0n) is 7.71. The first kappa shape index (κ1) is 10.4. The Hall–Kier alpha value is -0.560. The Morgan fingerprint density at radius 1 is 1.45 bits per heavy atom. The summed E-state index contributed by atoms with van der Waals surface area (Å²) in [6, 6.07) is 0.731. The molecular weight excluding hydrogens is 134 g/mol. The molecular formula is C10H19N. The molecule has 0 radical (unpaired) electrons. The van der Waals surface area contributed by atoms with Gasteiger partial charge >= 0.3 is 0 Å². The van der Waals surface area contributed by atoms with Gasteiger partial charge in [0.2, 0.25) is 0 Å².